The fourth-order valence-corrected chi connectivity index (χ4v) is 3.49. The van der Waals surface area contributed by atoms with Gasteiger partial charge >= 0.3 is 0 Å². The molecule has 0 amide bonds. The van der Waals surface area contributed by atoms with E-state index >= 15 is 0 Å². The summed E-state index contributed by atoms with van der Waals surface area (Å²) in [4.78, 5) is 4.94. The summed E-state index contributed by atoms with van der Waals surface area (Å²) < 4.78 is 1.99. The number of aryl methyl sites for hydroxylation is 1. The van der Waals surface area contributed by atoms with E-state index in [1.165, 1.54) is 5.56 Å². The standard InChI is InChI=1S/C20H30N6.ClH/c1-4-11-24-13-15-25(16-14-24)19(18-8-6-5-7-9-18)20-21-22-23-26(20)12-10-17(2)3;/h4-9,17,19H,1,10-16H2,2-3H3;1H. The molecular weight excluding hydrogens is 360 g/mol. The van der Waals surface area contributed by atoms with Crippen LogP contribution in [0.2, 0.25) is 0 Å². The molecule has 6 nitrogen and oxygen atoms in total. The zero-order chi connectivity index (χ0) is 18.4. The molecule has 0 N–H and O–H groups in total. The van der Waals surface area contributed by atoms with Crippen molar-refractivity contribution in [2.24, 2.45) is 5.92 Å². The van der Waals surface area contributed by atoms with Gasteiger partial charge in [0.25, 0.3) is 0 Å². The summed E-state index contributed by atoms with van der Waals surface area (Å²) >= 11 is 0. The van der Waals surface area contributed by atoms with Crippen LogP contribution in [-0.2, 0) is 6.54 Å². The summed E-state index contributed by atoms with van der Waals surface area (Å²) in [7, 11) is 0. The lowest BCUT2D eigenvalue weighted by Crippen LogP contribution is -2.48. The lowest BCUT2D eigenvalue weighted by Gasteiger charge is -2.38. The Balaban J connectivity index is 0.00000261. The van der Waals surface area contributed by atoms with Crippen molar-refractivity contribution >= 4 is 12.4 Å². The Morgan fingerprint density at radius 3 is 2.44 bits per heavy atom. The van der Waals surface area contributed by atoms with Gasteiger partial charge in [-0.1, -0.05) is 50.3 Å². The van der Waals surface area contributed by atoms with E-state index < -0.39 is 0 Å². The van der Waals surface area contributed by atoms with Crippen molar-refractivity contribution in [1.29, 1.82) is 0 Å². The number of hydrogen-bond donors (Lipinski definition) is 0. The van der Waals surface area contributed by atoms with Crippen LogP contribution >= 0.6 is 12.4 Å². The largest absolute Gasteiger partial charge is 0.297 e. The minimum Gasteiger partial charge on any atom is -0.297 e. The Morgan fingerprint density at radius 2 is 1.81 bits per heavy atom. The number of nitrogens with zero attached hydrogens (tertiary/aromatic N) is 6. The van der Waals surface area contributed by atoms with Gasteiger partial charge in [0.15, 0.2) is 5.82 Å². The van der Waals surface area contributed by atoms with E-state index in [0.717, 1.165) is 51.5 Å². The summed E-state index contributed by atoms with van der Waals surface area (Å²) in [6.07, 6.45) is 3.06. The molecule has 1 atom stereocenters. The Bertz CT molecular complexity index is 679. The number of benzene rings is 1. The maximum atomic E-state index is 4.43. The maximum absolute atomic E-state index is 4.43. The van der Waals surface area contributed by atoms with Gasteiger partial charge in [0.1, 0.15) is 0 Å². The van der Waals surface area contributed by atoms with Crippen LogP contribution in [0.4, 0.5) is 0 Å². The second-order valence-electron chi connectivity index (χ2n) is 7.38. The molecule has 0 radical (unpaired) electrons. The summed E-state index contributed by atoms with van der Waals surface area (Å²) in [5.74, 6) is 1.58. The monoisotopic (exact) mass is 390 g/mol. The number of halogens is 1. The van der Waals surface area contributed by atoms with E-state index in [1.54, 1.807) is 0 Å². The first-order valence-electron chi connectivity index (χ1n) is 9.57. The molecule has 0 spiro atoms. The van der Waals surface area contributed by atoms with Gasteiger partial charge in [0, 0.05) is 39.3 Å². The van der Waals surface area contributed by atoms with Crippen LogP contribution in [-0.4, -0.2) is 62.7 Å². The van der Waals surface area contributed by atoms with Crippen molar-refractivity contribution in [3.63, 3.8) is 0 Å². The Kier molecular flexibility index (Phi) is 8.41. The number of piperazine rings is 1. The molecule has 1 aromatic heterocycles. The fourth-order valence-electron chi connectivity index (χ4n) is 3.49. The normalized spacial score (nSPS) is 16.9. The number of tetrazole rings is 1. The van der Waals surface area contributed by atoms with Gasteiger partial charge in [-0.3, -0.25) is 9.80 Å². The van der Waals surface area contributed by atoms with E-state index in [9.17, 15) is 0 Å². The third-order valence-electron chi connectivity index (χ3n) is 5.00. The molecule has 7 heteroatoms. The van der Waals surface area contributed by atoms with Crippen molar-refractivity contribution in [1.82, 2.24) is 30.0 Å². The fraction of sp³-hybridized carbons (Fsp3) is 0.550. The van der Waals surface area contributed by atoms with Gasteiger partial charge < -0.3 is 0 Å². The predicted molar refractivity (Wildman–Crippen MR) is 111 cm³/mol. The zero-order valence-corrected chi connectivity index (χ0v) is 17.2. The van der Waals surface area contributed by atoms with Gasteiger partial charge in [-0.05, 0) is 28.3 Å². The van der Waals surface area contributed by atoms with Gasteiger partial charge in [-0.25, -0.2) is 4.68 Å². The average molecular weight is 391 g/mol. The van der Waals surface area contributed by atoms with Crippen LogP contribution in [0.1, 0.15) is 37.7 Å². The molecule has 27 heavy (non-hydrogen) atoms. The highest BCUT2D eigenvalue weighted by Crippen LogP contribution is 2.28. The van der Waals surface area contributed by atoms with Gasteiger partial charge in [-0.15, -0.1) is 24.1 Å². The molecule has 0 aliphatic carbocycles. The first kappa shape index (κ1) is 21.5. The second kappa shape index (κ2) is 10.5. The van der Waals surface area contributed by atoms with Crippen LogP contribution in [0.3, 0.4) is 0 Å². The van der Waals surface area contributed by atoms with Crippen LogP contribution in [0.15, 0.2) is 43.0 Å². The predicted octanol–water partition coefficient (Wildman–Crippen LogP) is 3.03. The molecular formula is C20H31ClN6. The minimum atomic E-state index is 0. The van der Waals surface area contributed by atoms with Crippen molar-refractivity contribution in [3.8, 4) is 0 Å². The summed E-state index contributed by atoms with van der Waals surface area (Å²) in [6, 6.07) is 10.7. The van der Waals surface area contributed by atoms with Gasteiger partial charge in [-0.2, -0.15) is 0 Å². The summed E-state index contributed by atoms with van der Waals surface area (Å²) in [6.45, 7) is 14.2. The molecule has 1 fully saturated rings. The molecule has 1 saturated heterocycles. The summed E-state index contributed by atoms with van der Waals surface area (Å²) in [5, 5.41) is 12.7. The quantitative estimate of drug-likeness (QED) is 0.648. The minimum absolute atomic E-state index is 0. The van der Waals surface area contributed by atoms with E-state index in [4.69, 9.17) is 0 Å². The third kappa shape index (κ3) is 5.61. The van der Waals surface area contributed by atoms with E-state index in [0.29, 0.717) is 5.92 Å². The molecule has 0 saturated carbocycles. The Morgan fingerprint density at radius 1 is 1.11 bits per heavy atom. The highest BCUT2D eigenvalue weighted by Gasteiger charge is 2.30. The molecule has 148 valence electrons. The molecule has 2 aromatic rings. The topological polar surface area (TPSA) is 50.1 Å². The molecule has 0 bridgehead atoms. The lowest BCUT2D eigenvalue weighted by molar-refractivity contribution is 0.112. The van der Waals surface area contributed by atoms with Crippen LogP contribution in [0, 0.1) is 5.92 Å². The van der Waals surface area contributed by atoms with E-state index in [2.05, 4.69) is 76.1 Å². The molecule has 2 heterocycles. The average Bonchev–Trinajstić information content (AvgIpc) is 3.11. The maximum Gasteiger partial charge on any atom is 0.173 e. The number of hydrogen-bond acceptors (Lipinski definition) is 5. The van der Waals surface area contributed by atoms with Gasteiger partial charge in [0.05, 0.1) is 6.04 Å². The zero-order valence-electron chi connectivity index (χ0n) is 16.4. The molecule has 1 aliphatic heterocycles. The number of rotatable bonds is 8. The van der Waals surface area contributed by atoms with E-state index in [-0.39, 0.29) is 18.4 Å². The van der Waals surface area contributed by atoms with Crippen LogP contribution < -0.4 is 0 Å². The second-order valence-corrected chi connectivity index (χ2v) is 7.38. The van der Waals surface area contributed by atoms with Crippen molar-refractivity contribution in [3.05, 3.63) is 54.4 Å². The molecule has 1 aliphatic rings. The molecule has 3 rings (SSSR count). The number of aromatic nitrogens is 4. The SMILES string of the molecule is C=CCN1CCN(C(c2ccccc2)c2nnnn2CCC(C)C)CC1.Cl. The van der Waals surface area contributed by atoms with Crippen LogP contribution in [0.5, 0.6) is 0 Å². The third-order valence-corrected chi connectivity index (χ3v) is 5.00. The molecule has 1 unspecified atom stereocenters. The Hall–Kier alpha value is -1.76. The highest BCUT2D eigenvalue weighted by atomic mass is 35.5. The Labute approximate surface area is 168 Å². The van der Waals surface area contributed by atoms with Crippen molar-refractivity contribution in [2.75, 3.05) is 32.7 Å². The highest BCUT2D eigenvalue weighted by molar-refractivity contribution is 5.85. The summed E-state index contributed by atoms with van der Waals surface area (Å²) in [5.41, 5.74) is 1.25. The van der Waals surface area contributed by atoms with Crippen molar-refractivity contribution < 1.29 is 0 Å². The van der Waals surface area contributed by atoms with Crippen LogP contribution in [0.25, 0.3) is 0 Å². The molecule has 1 aromatic carbocycles. The smallest absolute Gasteiger partial charge is 0.173 e. The van der Waals surface area contributed by atoms with Crippen molar-refractivity contribution in [2.45, 2.75) is 32.9 Å². The van der Waals surface area contributed by atoms with E-state index in [1.807, 2.05) is 10.8 Å². The lowest BCUT2D eigenvalue weighted by atomic mass is 10.0. The first-order valence-corrected chi connectivity index (χ1v) is 9.57. The first-order chi connectivity index (χ1) is 12.7. The van der Waals surface area contributed by atoms with Gasteiger partial charge in [0.2, 0.25) is 0 Å².